The Bertz CT molecular complexity index is 1020. The molecule has 0 radical (unpaired) electrons. The number of carbonyl (C=O) groups is 1. The van der Waals surface area contributed by atoms with Crippen LogP contribution >= 0.6 is 11.6 Å². The Morgan fingerprint density at radius 1 is 1.14 bits per heavy atom. The second-order valence-electron chi connectivity index (χ2n) is 7.36. The van der Waals surface area contributed by atoms with Crippen molar-refractivity contribution in [3.63, 3.8) is 0 Å². The quantitative estimate of drug-likeness (QED) is 0.643. The molecule has 1 aliphatic heterocycles. The molecule has 1 aromatic heterocycles. The van der Waals surface area contributed by atoms with E-state index in [-0.39, 0.29) is 6.03 Å². The topological polar surface area (TPSA) is 63.1 Å². The molecular formula is C22H24ClN5O. The Hall–Kier alpha value is -2.86. The largest absolute Gasteiger partial charge is 0.326 e. The smallest absolute Gasteiger partial charge is 0.313 e. The Morgan fingerprint density at radius 2 is 2.00 bits per heavy atom. The van der Waals surface area contributed by atoms with Crippen molar-refractivity contribution in [1.29, 1.82) is 0 Å². The van der Waals surface area contributed by atoms with Gasteiger partial charge >= 0.3 is 6.03 Å². The summed E-state index contributed by atoms with van der Waals surface area (Å²) in [6, 6.07) is 14.8. The summed E-state index contributed by atoms with van der Waals surface area (Å²) in [6.07, 6.45) is 4.35. The fourth-order valence-electron chi connectivity index (χ4n) is 3.64. The fraction of sp³-hybridized carbons (Fsp3) is 0.318. The van der Waals surface area contributed by atoms with Crippen molar-refractivity contribution in [2.75, 3.05) is 10.2 Å². The van der Waals surface area contributed by atoms with Crippen LogP contribution in [-0.4, -0.2) is 20.8 Å². The number of anilines is 2. The first-order valence-electron chi connectivity index (χ1n) is 9.92. The number of benzene rings is 2. The number of amides is 2. The van der Waals surface area contributed by atoms with Gasteiger partial charge < -0.3 is 9.88 Å². The molecule has 0 unspecified atom stereocenters. The van der Waals surface area contributed by atoms with Crippen LogP contribution in [0.15, 0.2) is 48.5 Å². The third-order valence-corrected chi connectivity index (χ3v) is 5.36. The molecule has 2 aromatic carbocycles. The summed E-state index contributed by atoms with van der Waals surface area (Å²) in [7, 11) is 0. The van der Waals surface area contributed by atoms with E-state index in [2.05, 4.69) is 20.1 Å². The summed E-state index contributed by atoms with van der Waals surface area (Å²) in [4.78, 5) is 14.9. The number of hydrogen-bond acceptors (Lipinski definition) is 3. The first-order chi connectivity index (χ1) is 14.1. The van der Waals surface area contributed by atoms with E-state index in [1.165, 1.54) is 6.42 Å². The van der Waals surface area contributed by atoms with E-state index in [0.29, 0.717) is 17.3 Å². The van der Waals surface area contributed by atoms with Crippen LogP contribution in [0.5, 0.6) is 0 Å². The van der Waals surface area contributed by atoms with Crippen LogP contribution in [0.1, 0.15) is 36.5 Å². The summed E-state index contributed by atoms with van der Waals surface area (Å²) < 4.78 is 2.16. The second-order valence-corrected chi connectivity index (χ2v) is 7.80. The average molecular weight is 410 g/mol. The monoisotopic (exact) mass is 409 g/mol. The second kappa shape index (κ2) is 8.66. The number of halogens is 1. The highest BCUT2D eigenvalue weighted by molar-refractivity contribution is 6.31. The van der Waals surface area contributed by atoms with Gasteiger partial charge in [-0.2, -0.15) is 0 Å². The predicted molar refractivity (Wildman–Crippen MR) is 115 cm³/mol. The molecule has 0 atom stereocenters. The van der Waals surface area contributed by atoms with Gasteiger partial charge in [-0.1, -0.05) is 36.2 Å². The van der Waals surface area contributed by atoms with Gasteiger partial charge in [0.1, 0.15) is 5.82 Å². The lowest BCUT2D eigenvalue weighted by Crippen LogP contribution is -2.35. The number of carbonyl (C=O) groups excluding carboxylic acids is 1. The van der Waals surface area contributed by atoms with Gasteiger partial charge in [0.15, 0.2) is 5.82 Å². The number of nitrogens with zero attached hydrogens (tertiary/aromatic N) is 4. The van der Waals surface area contributed by atoms with Gasteiger partial charge in [0, 0.05) is 29.4 Å². The van der Waals surface area contributed by atoms with Crippen LogP contribution in [0.25, 0.3) is 0 Å². The lowest BCUT2D eigenvalue weighted by atomic mass is 10.2. The van der Waals surface area contributed by atoms with E-state index >= 15 is 0 Å². The number of urea groups is 1. The molecule has 0 saturated heterocycles. The third kappa shape index (κ3) is 4.59. The maximum absolute atomic E-state index is 13.2. The van der Waals surface area contributed by atoms with Crippen LogP contribution in [-0.2, 0) is 19.5 Å². The third-order valence-electron chi connectivity index (χ3n) is 5.12. The molecule has 0 spiro atoms. The summed E-state index contributed by atoms with van der Waals surface area (Å²) in [5, 5.41) is 12.3. The first-order valence-corrected chi connectivity index (χ1v) is 10.3. The SMILES string of the molecule is Cc1cccc(NC(=O)N(Cc2nnc3n2CCCCC3)c2cccc(Cl)c2)c1. The standard InChI is InChI=1S/C22H24ClN5O/c1-16-7-5-9-18(13-16)24-22(29)28(19-10-6-8-17(23)14-19)15-21-26-25-20-11-3-2-4-12-27(20)21/h5-10,13-14H,2-4,11-12,15H2,1H3,(H,24,29). The molecule has 6 nitrogen and oxygen atoms in total. The Morgan fingerprint density at radius 3 is 2.83 bits per heavy atom. The number of aryl methyl sites for hydroxylation is 2. The minimum atomic E-state index is -0.233. The van der Waals surface area contributed by atoms with Crippen LogP contribution in [0.4, 0.5) is 16.2 Å². The Balaban J connectivity index is 1.64. The average Bonchev–Trinajstić information content (AvgIpc) is 2.92. The van der Waals surface area contributed by atoms with E-state index in [1.807, 2.05) is 43.3 Å². The summed E-state index contributed by atoms with van der Waals surface area (Å²) in [5.74, 6) is 1.80. The van der Waals surface area contributed by atoms with Crippen LogP contribution in [0.3, 0.4) is 0 Å². The van der Waals surface area contributed by atoms with Crippen LogP contribution in [0.2, 0.25) is 5.02 Å². The predicted octanol–water partition coefficient (Wildman–Crippen LogP) is 5.21. The van der Waals surface area contributed by atoms with E-state index in [9.17, 15) is 4.79 Å². The fourth-order valence-corrected chi connectivity index (χ4v) is 3.83. The molecule has 2 heterocycles. The lowest BCUT2D eigenvalue weighted by molar-refractivity contribution is 0.256. The van der Waals surface area contributed by atoms with E-state index < -0.39 is 0 Å². The van der Waals surface area contributed by atoms with Crippen molar-refractivity contribution in [3.8, 4) is 0 Å². The number of aromatic nitrogens is 3. The van der Waals surface area contributed by atoms with Gasteiger partial charge in [0.05, 0.1) is 6.54 Å². The maximum atomic E-state index is 13.2. The minimum Gasteiger partial charge on any atom is -0.313 e. The molecular weight excluding hydrogens is 386 g/mol. The number of nitrogens with one attached hydrogen (secondary N) is 1. The molecule has 150 valence electrons. The summed E-state index contributed by atoms with van der Waals surface area (Å²) >= 11 is 6.20. The molecule has 4 rings (SSSR count). The molecule has 29 heavy (non-hydrogen) atoms. The Kier molecular flexibility index (Phi) is 5.81. The van der Waals surface area contributed by atoms with Gasteiger partial charge in [-0.05, 0) is 55.7 Å². The molecule has 7 heteroatoms. The summed E-state index contributed by atoms with van der Waals surface area (Å²) in [6.45, 7) is 3.21. The van der Waals surface area contributed by atoms with Gasteiger partial charge in [-0.15, -0.1) is 10.2 Å². The molecule has 1 aliphatic rings. The van der Waals surface area contributed by atoms with Crippen molar-refractivity contribution in [1.82, 2.24) is 14.8 Å². The number of hydrogen-bond donors (Lipinski definition) is 1. The zero-order valence-electron chi connectivity index (χ0n) is 16.4. The van der Waals surface area contributed by atoms with Crippen molar-refractivity contribution in [2.45, 2.75) is 45.7 Å². The molecule has 2 amide bonds. The number of rotatable bonds is 4. The number of fused-ring (bicyclic) bond motifs is 1. The molecule has 0 fully saturated rings. The van der Waals surface area contributed by atoms with Crippen molar-refractivity contribution in [2.24, 2.45) is 0 Å². The van der Waals surface area contributed by atoms with Crippen LogP contribution < -0.4 is 10.2 Å². The first kappa shape index (κ1) is 19.5. The van der Waals surface area contributed by atoms with Crippen molar-refractivity contribution < 1.29 is 4.79 Å². The van der Waals surface area contributed by atoms with E-state index in [4.69, 9.17) is 11.6 Å². The summed E-state index contributed by atoms with van der Waals surface area (Å²) in [5.41, 5.74) is 2.55. The van der Waals surface area contributed by atoms with Gasteiger partial charge in [0.2, 0.25) is 0 Å². The molecule has 3 aromatic rings. The van der Waals surface area contributed by atoms with Gasteiger partial charge in [0.25, 0.3) is 0 Å². The highest BCUT2D eigenvalue weighted by Crippen LogP contribution is 2.24. The normalized spacial score (nSPS) is 13.4. The van der Waals surface area contributed by atoms with Crippen molar-refractivity contribution >= 4 is 29.0 Å². The Labute approximate surface area is 175 Å². The molecule has 0 saturated carbocycles. The molecule has 1 N–H and O–H groups in total. The zero-order valence-corrected chi connectivity index (χ0v) is 17.2. The lowest BCUT2D eigenvalue weighted by Gasteiger charge is -2.23. The van der Waals surface area contributed by atoms with E-state index in [1.54, 1.807) is 17.0 Å². The van der Waals surface area contributed by atoms with Gasteiger partial charge in [-0.25, -0.2) is 4.79 Å². The highest BCUT2D eigenvalue weighted by Gasteiger charge is 2.22. The highest BCUT2D eigenvalue weighted by atomic mass is 35.5. The van der Waals surface area contributed by atoms with Crippen molar-refractivity contribution in [3.05, 3.63) is 70.8 Å². The minimum absolute atomic E-state index is 0.233. The van der Waals surface area contributed by atoms with E-state index in [0.717, 1.165) is 48.7 Å². The van der Waals surface area contributed by atoms with Crippen LogP contribution in [0, 0.1) is 6.92 Å². The molecule has 0 aliphatic carbocycles. The molecule has 0 bridgehead atoms. The maximum Gasteiger partial charge on any atom is 0.326 e. The van der Waals surface area contributed by atoms with Gasteiger partial charge in [-0.3, -0.25) is 4.90 Å². The zero-order chi connectivity index (χ0) is 20.2.